The first-order chi connectivity index (χ1) is 16.8. The highest BCUT2D eigenvalue weighted by Crippen LogP contribution is 2.33. The predicted octanol–water partition coefficient (Wildman–Crippen LogP) is 8.02. The fourth-order valence-corrected chi connectivity index (χ4v) is 3.87. The molecule has 0 radical (unpaired) electrons. The van der Waals surface area contributed by atoms with E-state index >= 15 is 0 Å². The van der Waals surface area contributed by atoms with Crippen LogP contribution in [-0.2, 0) is 5.92 Å². The molecule has 0 unspecified atom stereocenters. The number of hydrogen-bond acceptors (Lipinski definition) is 4. The topological polar surface area (TPSA) is 41.1 Å². The smallest absolute Gasteiger partial charge is 0.270 e. The van der Waals surface area contributed by atoms with E-state index in [1.807, 2.05) is 79.4 Å². The fraction of sp³-hybridized carbons (Fsp3) is 0.172. The average Bonchev–Trinajstić information content (AvgIpc) is 2.85. The molecule has 1 atom stereocenters. The molecule has 0 aliphatic heterocycles. The monoisotopic (exact) mass is 470 g/mol. The van der Waals surface area contributed by atoms with E-state index in [1.165, 1.54) is 12.1 Å². The Morgan fingerprint density at radius 2 is 1.60 bits per heavy atom. The van der Waals surface area contributed by atoms with Crippen molar-refractivity contribution in [2.75, 3.05) is 10.2 Å². The van der Waals surface area contributed by atoms with Gasteiger partial charge in [0.15, 0.2) is 0 Å². The number of benzene rings is 3. The van der Waals surface area contributed by atoms with Crippen LogP contribution in [0.4, 0.5) is 26.2 Å². The number of aryl methyl sites for hydroxylation is 1. The third-order valence-electron chi connectivity index (χ3n) is 5.85. The number of rotatable bonds is 8. The molecule has 35 heavy (non-hydrogen) atoms. The van der Waals surface area contributed by atoms with Gasteiger partial charge < -0.3 is 10.2 Å². The van der Waals surface area contributed by atoms with E-state index < -0.39 is 5.92 Å². The Hall–Kier alpha value is -4.06. The van der Waals surface area contributed by atoms with Crippen molar-refractivity contribution in [3.63, 3.8) is 0 Å². The lowest BCUT2D eigenvalue weighted by Crippen LogP contribution is -2.15. The van der Waals surface area contributed by atoms with E-state index in [0.29, 0.717) is 23.0 Å². The molecule has 0 amide bonds. The standard InChI is InChI=1S/C29H28F2N4/c1-5-35(26-14-10-9-11-20(26)2)27-19-25(23-15-17-24(18-16-23)29(4,30)31)33-28(34-27)32-21(3)22-12-7-6-8-13-22/h5-19,21H,1H2,2-4H3,(H,32,33,34)/t21-/m0/s1. The third-order valence-corrected chi connectivity index (χ3v) is 5.85. The first kappa shape index (κ1) is 24.1. The van der Waals surface area contributed by atoms with Crippen molar-refractivity contribution in [1.29, 1.82) is 0 Å². The number of nitrogens with zero attached hydrogens (tertiary/aromatic N) is 3. The zero-order valence-corrected chi connectivity index (χ0v) is 20.0. The number of hydrogen-bond donors (Lipinski definition) is 1. The van der Waals surface area contributed by atoms with E-state index in [9.17, 15) is 8.78 Å². The number of para-hydroxylation sites is 1. The molecule has 0 saturated carbocycles. The Balaban J connectivity index is 1.79. The number of anilines is 3. The molecule has 3 aromatic carbocycles. The number of nitrogens with one attached hydrogen (secondary N) is 1. The highest BCUT2D eigenvalue weighted by molar-refractivity contribution is 5.72. The quantitative estimate of drug-likeness (QED) is 0.283. The zero-order valence-electron chi connectivity index (χ0n) is 20.0. The van der Waals surface area contributed by atoms with Crippen LogP contribution in [0.2, 0.25) is 0 Å². The highest BCUT2D eigenvalue weighted by atomic mass is 19.3. The molecule has 0 aliphatic carbocycles. The first-order valence-corrected chi connectivity index (χ1v) is 11.4. The van der Waals surface area contributed by atoms with E-state index in [4.69, 9.17) is 9.97 Å². The van der Waals surface area contributed by atoms with Crippen LogP contribution in [0.25, 0.3) is 11.3 Å². The molecule has 6 heteroatoms. The van der Waals surface area contributed by atoms with Gasteiger partial charge in [0.05, 0.1) is 11.7 Å². The summed E-state index contributed by atoms with van der Waals surface area (Å²) < 4.78 is 27.5. The lowest BCUT2D eigenvalue weighted by Gasteiger charge is -2.23. The van der Waals surface area contributed by atoms with Gasteiger partial charge in [0.25, 0.3) is 5.92 Å². The van der Waals surface area contributed by atoms with Crippen molar-refractivity contribution in [1.82, 2.24) is 9.97 Å². The van der Waals surface area contributed by atoms with Crippen LogP contribution >= 0.6 is 0 Å². The van der Waals surface area contributed by atoms with Crippen LogP contribution in [0.3, 0.4) is 0 Å². The highest BCUT2D eigenvalue weighted by Gasteiger charge is 2.24. The maximum absolute atomic E-state index is 13.7. The normalized spacial score (nSPS) is 12.1. The second kappa shape index (κ2) is 10.1. The van der Waals surface area contributed by atoms with Gasteiger partial charge in [-0.05, 0) is 31.0 Å². The molecule has 0 aliphatic rings. The van der Waals surface area contributed by atoms with Crippen LogP contribution < -0.4 is 10.2 Å². The van der Waals surface area contributed by atoms with Gasteiger partial charge in [-0.1, -0.05) is 79.4 Å². The van der Waals surface area contributed by atoms with E-state index in [1.54, 1.807) is 18.3 Å². The van der Waals surface area contributed by atoms with Gasteiger partial charge in [-0.3, -0.25) is 0 Å². The molecule has 1 N–H and O–H groups in total. The lowest BCUT2D eigenvalue weighted by atomic mass is 10.1. The maximum Gasteiger partial charge on any atom is 0.270 e. The zero-order chi connectivity index (χ0) is 25.0. The Morgan fingerprint density at radius 3 is 2.23 bits per heavy atom. The van der Waals surface area contributed by atoms with Crippen LogP contribution in [0.5, 0.6) is 0 Å². The summed E-state index contributed by atoms with van der Waals surface area (Å²) in [6.45, 7) is 8.95. The summed E-state index contributed by atoms with van der Waals surface area (Å²) in [5.74, 6) is -1.86. The Morgan fingerprint density at radius 1 is 0.943 bits per heavy atom. The molecule has 178 valence electrons. The van der Waals surface area contributed by atoms with Gasteiger partial charge in [-0.2, -0.15) is 4.98 Å². The molecule has 4 nitrogen and oxygen atoms in total. The van der Waals surface area contributed by atoms with Gasteiger partial charge in [0, 0.05) is 36.0 Å². The van der Waals surface area contributed by atoms with Gasteiger partial charge >= 0.3 is 0 Å². The molecule has 0 saturated heterocycles. The fourth-order valence-electron chi connectivity index (χ4n) is 3.87. The van der Waals surface area contributed by atoms with Crippen molar-refractivity contribution < 1.29 is 8.78 Å². The molecule has 1 heterocycles. The molecule has 4 rings (SSSR count). The molecule has 1 aromatic heterocycles. The largest absolute Gasteiger partial charge is 0.348 e. The van der Waals surface area contributed by atoms with E-state index in [-0.39, 0.29) is 11.6 Å². The minimum Gasteiger partial charge on any atom is -0.348 e. The summed E-state index contributed by atoms with van der Waals surface area (Å²) >= 11 is 0. The van der Waals surface area contributed by atoms with Gasteiger partial charge in [0.1, 0.15) is 5.82 Å². The third kappa shape index (κ3) is 5.54. The van der Waals surface area contributed by atoms with Gasteiger partial charge in [-0.15, -0.1) is 0 Å². The Labute approximate surface area is 205 Å². The maximum atomic E-state index is 13.7. The Bertz CT molecular complexity index is 1300. The minimum atomic E-state index is -2.91. The summed E-state index contributed by atoms with van der Waals surface area (Å²) in [5, 5.41) is 3.39. The van der Waals surface area contributed by atoms with E-state index in [2.05, 4.69) is 11.9 Å². The molecule has 4 aromatic rings. The summed E-state index contributed by atoms with van der Waals surface area (Å²) in [4.78, 5) is 11.4. The van der Waals surface area contributed by atoms with Crippen LogP contribution in [0, 0.1) is 6.92 Å². The number of halogens is 2. The van der Waals surface area contributed by atoms with Crippen LogP contribution in [-0.4, -0.2) is 9.97 Å². The van der Waals surface area contributed by atoms with Gasteiger partial charge in [0.2, 0.25) is 5.95 Å². The second-order valence-corrected chi connectivity index (χ2v) is 8.52. The van der Waals surface area contributed by atoms with Crippen molar-refractivity contribution in [2.24, 2.45) is 0 Å². The summed E-state index contributed by atoms with van der Waals surface area (Å²) in [6.07, 6.45) is 1.71. The lowest BCUT2D eigenvalue weighted by molar-refractivity contribution is 0.0175. The van der Waals surface area contributed by atoms with Crippen molar-refractivity contribution in [2.45, 2.75) is 32.7 Å². The Kier molecular flexibility index (Phi) is 6.92. The molecular weight excluding hydrogens is 442 g/mol. The number of alkyl halides is 2. The first-order valence-electron chi connectivity index (χ1n) is 11.4. The molecule has 0 fully saturated rings. The van der Waals surface area contributed by atoms with Crippen molar-refractivity contribution >= 4 is 17.5 Å². The van der Waals surface area contributed by atoms with Crippen molar-refractivity contribution in [3.8, 4) is 11.3 Å². The number of aromatic nitrogens is 2. The SMILES string of the molecule is C=CN(c1cc(-c2ccc(C(C)(F)F)cc2)nc(N[C@@H](C)c2ccccc2)n1)c1ccccc1C. The predicted molar refractivity (Wildman–Crippen MR) is 139 cm³/mol. The summed E-state index contributed by atoms with van der Waals surface area (Å²) in [5.41, 5.74) is 4.38. The van der Waals surface area contributed by atoms with Crippen LogP contribution in [0.15, 0.2) is 97.7 Å². The molecule has 0 spiro atoms. The summed E-state index contributed by atoms with van der Waals surface area (Å²) in [6, 6.07) is 26.0. The van der Waals surface area contributed by atoms with Crippen molar-refractivity contribution in [3.05, 3.63) is 114 Å². The van der Waals surface area contributed by atoms with Crippen LogP contribution in [0.1, 0.15) is 36.6 Å². The molecule has 0 bridgehead atoms. The average molecular weight is 471 g/mol. The van der Waals surface area contributed by atoms with Gasteiger partial charge in [-0.25, -0.2) is 13.8 Å². The second-order valence-electron chi connectivity index (χ2n) is 8.52. The summed E-state index contributed by atoms with van der Waals surface area (Å²) in [7, 11) is 0. The molecular formula is C29H28F2N4. The van der Waals surface area contributed by atoms with E-state index in [0.717, 1.165) is 23.7 Å². The minimum absolute atomic E-state index is 0.0424.